The van der Waals surface area contributed by atoms with Gasteiger partial charge in [-0.2, -0.15) is 13.2 Å². The number of rotatable bonds is 4. The fourth-order valence-corrected chi connectivity index (χ4v) is 2.39. The fourth-order valence-electron chi connectivity index (χ4n) is 1.85. The number of halogens is 3. The van der Waals surface area contributed by atoms with Crippen LogP contribution in [0.25, 0.3) is 0 Å². The van der Waals surface area contributed by atoms with Crippen LogP contribution in [-0.4, -0.2) is 30.5 Å². The van der Waals surface area contributed by atoms with Crippen molar-refractivity contribution in [3.05, 3.63) is 48.2 Å². The summed E-state index contributed by atoms with van der Waals surface area (Å²) in [5.41, 5.74) is -3.55. The van der Waals surface area contributed by atoms with Crippen LogP contribution in [0, 0.1) is 0 Å². The van der Waals surface area contributed by atoms with Crippen LogP contribution in [0.5, 0.6) is 0 Å². The minimum absolute atomic E-state index is 0.0319. The minimum atomic E-state index is -4.35. The van der Waals surface area contributed by atoms with E-state index in [1.54, 1.807) is 37.3 Å². The number of hydrogen-bond acceptors (Lipinski definition) is 4. The lowest BCUT2D eigenvalue weighted by molar-refractivity contribution is -0.0328. The molecule has 0 radical (unpaired) electrons. The van der Waals surface area contributed by atoms with Gasteiger partial charge in [0.15, 0.2) is 5.82 Å². The standard InChI is InChI=1S/C15H14F3N3OS/c1-21(2)13-12(4-3-9-19-13)20-14(22)10-5-7-11(8-6-10)23-15(16,17)18/h3-9H,1-2H3,(H,20,22). The number of hydrogen-bond donors (Lipinski definition) is 1. The molecule has 0 bridgehead atoms. The molecule has 8 heteroatoms. The molecular formula is C15H14F3N3OS. The SMILES string of the molecule is CN(C)c1ncccc1NC(=O)c1ccc(SC(F)(F)F)cc1. The van der Waals surface area contributed by atoms with Gasteiger partial charge < -0.3 is 10.2 Å². The molecule has 0 fully saturated rings. The molecule has 1 heterocycles. The third kappa shape index (κ3) is 4.88. The molecule has 0 spiro atoms. The first-order valence-corrected chi connectivity index (χ1v) is 7.37. The highest BCUT2D eigenvalue weighted by atomic mass is 32.2. The van der Waals surface area contributed by atoms with E-state index in [-0.39, 0.29) is 22.2 Å². The highest BCUT2D eigenvalue weighted by Crippen LogP contribution is 2.36. The van der Waals surface area contributed by atoms with Crippen molar-refractivity contribution >= 4 is 29.2 Å². The van der Waals surface area contributed by atoms with Crippen molar-refractivity contribution in [3.8, 4) is 0 Å². The van der Waals surface area contributed by atoms with Crippen molar-refractivity contribution < 1.29 is 18.0 Å². The van der Waals surface area contributed by atoms with Crippen molar-refractivity contribution in [1.29, 1.82) is 0 Å². The Hall–Kier alpha value is -2.22. The molecule has 1 N–H and O–H groups in total. The average molecular weight is 341 g/mol. The van der Waals surface area contributed by atoms with Crippen molar-refractivity contribution in [3.63, 3.8) is 0 Å². The van der Waals surface area contributed by atoms with E-state index in [2.05, 4.69) is 10.3 Å². The zero-order chi connectivity index (χ0) is 17.0. The maximum atomic E-state index is 12.3. The number of nitrogens with one attached hydrogen (secondary N) is 1. The molecule has 0 atom stereocenters. The summed E-state index contributed by atoms with van der Waals surface area (Å²) in [5, 5.41) is 2.70. The van der Waals surface area contributed by atoms with Gasteiger partial charge in [0.25, 0.3) is 5.91 Å². The molecule has 4 nitrogen and oxygen atoms in total. The molecule has 122 valence electrons. The summed E-state index contributed by atoms with van der Waals surface area (Å²) in [7, 11) is 3.59. The Bertz CT molecular complexity index is 687. The molecule has 2 rings (SSSR count). The monoisotopic (exact) mass is 341 g/mol. The largest absolute Gasteiger partial charge is 0.446 e. The predicted octanol–water partition coefficient (Wildman–Crippen LogP) is 4.01. The van der Waals surface area contributed by atoms with Gasteiger partial charge in [0.1, 0.15) is 0 Å². The summed E-state index contributed by atoms with van der Waals surface area (Å²) in [6, 6.07) is 8.64. The molecule has 0 saturated heterocycles. The van der Waals surface area contributed by atoms with E-state index < -0.39 is 11.4 Å². The van der Waals surface area contributed by atoms with Crippen LogP contribution < -0.4 is 10.2 Å². The first-order valence-electron chi connectivity index (χ1n) is 6.56. The number of pyridine rings is 1. The summed E-state index contributed by atoms with van der Waals surface area (Å²) >= 11 is -0.217. The molecule has 0 unspecified atom stereocenters. The maximum Gasteiger partial charge on any atom is 0.446 e. The van der Waals surface area contributed by atoms with E-state index in [9.17, 15) is 18.0 Å². The summed E-state index contributed by atoms with van der Waals surface area (Å²) in [5.74, 6) is 0.176. The van der Waals surface area contributed by atoms with E-state index in [1.807, 2.05) is 0 Å². The second-order valence-corrected chi connectivity index (χ2v) is 5.93. The lowest BCUT2D eigenvalue weighted by Gasteiger charge is -2.16. The zero-order valence-corrected chi connectivity index (χ0v) is 13.2. The van der Waals surface area contributed by atoms with Crippen LogP contribution in [0.2, 0.25) is 0 Å². The Labute approximate surface area is 135 Å². The van der Waals surface area contributed by atoms with Crippen molar-refractivity contribution in [1.82, 2.24) is 4.98 Å². The van der Waals surface area contributed by atoms with E-state index in [0.717, 1.165) is 0 Å². The van der Waals surface area contributed by atoms with Crippen molar-refractivity contribution in [2.24, 2.45) is 0 Å². The molecular weight excluding hydrogens is 327 g/mol. The Balaban J connectivity index is 2.13. The van der Waals surface area contributed by atoms with Crippen LogP contribution in [0.1, 0.15) is 10.4 Å². The number of benzene rings is 1. The van der Waals surface area contributed by atoms with Crippen LogP contribution in [0.4, 0.5) is 24.7 Å². The van der Waals surface area contributed by atoms with Gasteiger partial charge in [0.2, 0.25) is 0 Å². The molecule has 0 aliphatic heterocycles. The number of nitrogens with zero attached hydrogens (tertiary/aromatic N) is 2. The first kappa shape index (κ1) is 17.1. The van der Waals surface area contributed by atoms with E-state index in [0.29, 0.717) is 11.5 Å². The quantitative estimate of drug-likeness (QED) is 0.854. The smallest absolute Gasteiger partial charge is 0.361 e. The molecule has 1 amide bonds. The molecule has 0 saturated carbocycles. The number of aromatic nitrogens is 1. The third-order valence-electron chi connectivity index (χ3n) is 2.81. The third-order valence-corrected chi connectivity index (χ3v) is 3.55. The summed E-state index contributed by atoms with van der Waals surface area (Å²) in [4.78, 5) is 18.1. The minimum Gasteiger partial charge on any atom is -0.361 e. The van der Waals surface area contributed by atoms with Gasteiger partial charge in [-0.25, -0.2) is 4.98 Å². The lowest BCUT2D eigenvalue weighted by Crippen LogP contribution is -2.17. The number of carbonyl (C=O) groups is 1. The van der Waals surface area contributed by atoms with Gasteiger partial charge in [-0.15, -0.1) is 0 Å². The average Bonchev–Trinajstić information content (AvgIpc) is 2.46. The first-order chi connectivity index (χ1) is 10.8. The Morgan fingerprint density at radius 2 is 1.83 bits per heavy atom. The Morgan fingerprint density at radius 1 is 1.17 bits per heavy atom. The highest BCUT2D eigenvalue weighted by Gasteiger charge is 2.29. The number of thioether (sulfide) groups is 1. The van der Waals surface area contributed by atoms with Gasteiger partial charge in [-0.1, -0.05) is 0 Å². The highest BCUT2D eigenvalue weighted by molar-refractivity contribution is 8.00. The normalized spacial score (nSPS) is 11.2. The van der Waals surface area contributed by atoms with Crippen molar-refractivity contribution in [2.45, 2.75) is 10.4 Å². The lowest BCUT2D eigenvalue weighted by atomic mass is 10.2. The van der Waals surface area contributed by atoms with Crippen LogP contribution in [-0.2, 0) is 0 Å². The second kappa shape index (κ2) is 6.91. The number of carbonyl (C=O) groups excluding carboxylic acids is 1. The summed E-state index contributed by atoms with van der Waals surface area (Å²) in [6.07, 6.45) is 1.61. The van der Waals surface area contributed by atoms with E-state index >= 15 is 0 Å². The summed E-state index contributed by atoms with van der Waals surface area (Å²) < 4.78 is 36.8. The molecule has 1 aromatic carbocycles. The molecule has 0 aliphatic carbocycles. The molecule has 1 aromatic heterocycles. The van der Waals surface area contributed by atoms with Gasteiger partial charge in [0.05, 0.1) is 5.69 Å². The van der Waals surface area contributed by atoms with E-state index in [1.165, 1.54) is 24.3 Å². The number of anilines is 2. The predicted molar refractivity (Wildman–Crippen MR) is 84.9 cm³/mol. The van der Waals surface area contributed by atoms with Gasteiger partial charge in [0, 0.05) is 30.8 Å². The zero-order valence-electron chi connectivity index (χ0n) is 12.4. The molecule has 0 aliphatic rings. The van der Waals surface area contributed by atoms with Gasteiger partial charge in [-0.05, 0) is 48.2 Å². The molecule has 2 aromatic rings. The summed E-state index contributed by atoms with van der Waals surface area (Å²) in [6.45, 7) is 0. The van der Waals surface area contributed by atoms with Crippen LogP contribution in [0.15, 0.2) is 47.5 Å². The van der Waals surface area contributed by atoms with Gasteiger partial charge >= 0.3 is 5.51 Å². The topological polar surface area (TPSA) is 45.2 Å². The van der Waals surface area contributed by atoms with Crippen molar-refractivity contribution in [2.75, 3.05) is 24.3 Å². The second-order valence-electron chi connectivity index (χ2n) is 4.80. The van der Waals surface area contributed by atoms with Crippen LogP contribution in [0.3, 0.4) is 0 Å². The Kier molecular flexibility index (Phi) is 5.15. The van der Waals surface area contributed by atoms with Crippen LogP contribution >= 0.6 is 11.8 Å². The number of amides is 1. The fraction of sp³-hybridized carbons (Fsp3) is 0.200. The molecule has 23 heavy (non-hydrogen) atoms. The van der Waals surface area contributed by atoms with E-state index in [4.69, 9.17) is 0 Å². The number of alkyl halides is 3. The Morgan fingerprint density at radius 3 is 2.39 bits per heavy atom. The van der Waals surface area contributed by atoms with Gasteiger partial charge in [-0.3, -0.25) is 4.79 Å². The maximum absolute atomic E-state index is 12.3.